The van der Waals surface area contributed by atoms with Crippen molar-refractivity contribution in [3.63, 3.8) is 0 Å². The van der Waals surface area contributed by atoms with E-state index < -0.39 is 0 Å². The maximum atomic E-state index is 11.7. The SMILES string of the molecule is CCN(CC)CCC(=O)CCc1cccs1. The lowest BCUT2D eigenvalue weighted by Crippen LogP contribution is -2.25. The lowest BCUT2D eigenvalue weighted by Gasteiger charge is -2.16. The fraction of sp³-hybridized carbons (Fsp3) is 0.615. The van der Waals surface area contributed by atoms with Crippen LogP contribution in [0.25, 0.3) is 0 Å². The predicted molar refractivity (Wildman–Crippen MR) is 70.1 cm³/mol. The summed E-state index contributed by atoms with van der Waals surface area (Å²) >= 11 is 1.74. The summed E-state index contributed by atoms with van der Waals surface area (Å²) in [6.07, 6.45) is 2.31. The van der Waals surface area contributed by atoms with Crippen molar-refractivity contribution in [2.75, 3.05) is 19.6 Å². The van der Waals surface area contributed by atoms with Crippen molar-refractivity contribution in [2.45, 2.75) is 33.1 Å². The maximum Gasteiger partial charge on any atom is 0.134 e. The van der Waals surface area contributed by atoms with Crippen LogP contribution in [0.2, 0.25) is 0 Å². The van der Waals surface area contributed by atoms with Gasteiger partial charge in [0, 0.05) is 24.3 Å². The smallest absolute Gasteiger partial charge is 0.134 e. The highest BCUT2D eigenvalue weighted by Gasteiger charge is 2.06. The number of hydrogen-bond donors (Lipinski definition) is 0. The molecular weight excluding hydrogens is 218 g/mol. The molecule has 0 N–H and O–H groups in total. The van der Waals surface area contributed by atoms with Crippen LogP contribution < -0.4 is 0 Å². The van der Waals surface area contributed by atoms with E-state index in [1.54, 1.807) is 11.3 Å². The number of Topliss-reactive ketones (excluding diaryl/α,β-unsaturated/α-hetero) is 1. The Balaban J connectivity index is 2.16. The highest BCUT2D eigenvalue weighted by atomic mass is 32.1. The molecule has 1 aromatic rings. The van der Waals surface area contributed by atoms with Crippen LogP contribution >= 0.6 is 11.3 Å². The van der Waals surface area contributed by atoms with E-state index in [1.807, 2.05) is 6.07 Å². The van der Waals surface area contributed by atoms with E-state index in [2.05, 4.69) is 30.2 Å². The first-order chi connectivity index (χ1) is 7.76. The molecule has 0 fully saturated rings. The van der Waals surface area contributed by atoms with Crippen LogP contribution in [0, 0.1) is 0 Å². The average molecular weight is 239 g/mol. The summed E-state index contributed by atoms with van der Waals surface area (Å²) in [6, 6.07) is 4.14. The molecule has 0 unspecified atom stereocenters. The summed E-state index contributed by atoms with van der Waals surface area (Å²) in [4.78, 5) is 15.3. The van der Waals surface area contributed by atoms with Gasteiger partial charge in [-0.3, -0.25) is 4.79 Å². The fourth-order valence-electron chi connectivity index (χ4n) is 1.67. The zero-order chi connectivity index (χ0) is 11.8. The van der Waals surface area contributed by atoms with Gasteiger partial charge in [-0.25, -0.2) is 0 Å². The molecule has 90 valence electrons. The third kappa shape index (κ3) is 4.90. The van der Waals surface area contributed by atoms with Crippen LogP contribution in [0.5, 0.6) is 0 Å². The van der Waals surface area contributed by atoms with Crippen molar-refractivity contribution in [2.24, 2.45) is 0 Å². The maximum absolute atomic E-state index is 11.7. The molecule has 3 heteroatoms. The number of carbonyl (C=O) groups excluding carboxylic acids is 1. The van der Waals surface area contributed by atoms with E-state index in [-0.39, 0.29) is 0 Å². The van der Waals surface area contributed by atoms with Crippen molar-refractivity contribution in [3.8, 4) is 0 Å². The quantitative estimate of drug-likeness (QED) is 0.695. The minimum atomic E-state index is 0.389. The molecule has 1 rings (SSSR count). The first kappa shape index (κ1) is 13.4. The molecular formula is C13H21NOS. The Hall–Kier alpha value is -0.670. The van der Waals surface area contributed by atoms with Gasteiger partial charge >= 0.3 is 0 Å². The van der Waals surface area contributed by atoms with Gasteiger partial charge in [-0.2, -0.15) is 0 Å². The number of nitrogens with zero attached hydrogens (tertiary/aromatic N) is 1. The molecule has 0 amide bonds. The van der Waals surface area contributed by atoms with Gasteiger partial charge in [-0.1, -0.05) is 19.9 Å². The van der Waals surface area contributed by atoms with Crippen molar-refractivity contribution in [3.05, 3.63) is 22.4 Å². The van der Waals surface area contributed by atoms with Crippen LogP contribution in [0.1, 0.15) is 31.6 Å². The molecule has 0 spiro atoms. The molecule has 1 heterocycles. The third-order valence-electron chi connectivity index (χ3n) is 2.83. The van der Waals surface area contributed by atoms with Gasteiger partial charge in [0.05, 0.1) is 0 Å². The largest absolute Gasteiger partial charge is 0.303 e. The molecule has 0 aliphatic carbocycles. The number of rotatable bonds is 8. The number of hydrogen-bond acceptors (Lipinski definition) is 3. The molecule has 0 saturated heterocycles. The number of aryl methyl sites for hydroxylation is 1. The fourth-order valence-corrected chi connectivity index (χ4v) is 2.37. The van der Waals surface area contributed by atoms with E-state index in [9.17, 15) is 4.79 Å². The summed E-state index contributed by atoms with van der Waals surface area (Å²) < 4.78 is 0. The molecule has 0 aromatic carbocycles. The van der Waals surface area contributed by atoms with Crippen LogP contribution in [0.15, 0.2) is 17.5 Å². The van der Waals surface area contributed by atoms with Crippen LogP contribution in [-0.4, -0.2) is 30.3 Å². The standard InChI is InChI=1S/C13H21NOS/c1-3-14(4-2)10-9-12(15)7-8-13-6-5-11-16-13/h5-6,11H,3-4,7-10H2,1-2H3. The Morgan fingerprint density at radius 1 is 1.31 bits per heavy atom. The van der Waals surface area contributed by atoms with Crippen LogP contribution in [0.4, 0.5) is 0 Å². The molecule has 16 heavy (non-hydrogen) atoms. The monoisotopic (exact) mass is 239 g/mol. The molecule has 2 nitrogen and oxygen atoms in total. The molecule has 0 atom stereocenters. The van der Waals surface area contributed by atoms with Gasteiger partial charge < -0.3 is 4.90 Å². The van der Waals surface area contributed by atoms with Gasteiger partial charge in [0.2, 0.25) is 0 Å². The molecule has 0 bridgehead atoms. The van der Waals surface area contributed by atoms with E-state index in [0.29, 0.717) is 18.6 Å². The Kier molecular flexibility index (Phi) is 6.34. The Morgan fingerprint density at radius 3 is 2.62 bits per heavy atom. The zero-order valence-electron chi connectivity index (χ0n) is 10.2. The summed E-state index contributed by atoms with van der Waals surface area (Å²) in [5.41, 5.74) is 0. The second-order valence-corrected chi connectivity index (χ2v) is 4.93. The predicted octanol–water partition coefficient (Wildman–Crippen LogP) is 2.98. The van der Waals surface area contributed by atoms with Crippen LogP contribution in [-0.2, 0) is 11.2 Å². The van der Waals surface area contributed by atoms with E-state index in [0.717, 1.165) is 26.1 Å². The third-order valence-corrected chi connectivity index (χ3v) is 3.77. The zero-order valence-corrected chi connectivity index (χ0v) is 11.1. The van der Waals surface area contributed by atoms with Gasteiger partial charge in [0.15, 0.2) is 0 Å². The summed E-state index contributed by atoms with van der Waals surface area (Å²) in [6.45, 7) is 7.26. The molecule has 1 aromatic heterocycles. The summed E-state index contributed by atoms with van der Waals surface area (Å²) in [5, 5.41) is 2.07. The van der Waals surface area contributed by atoms with Gasteiger partial charge in [-0.15, -0.1) is 11.3 Å². The van der Waals surface area contributed by atoms with E-state index in [4.69, 9.17) is 0 Å². The Labute approximate surface area is 102 Å². The Bertz CT molecular complexity index is 291. The normalized spacial score (nSPS) is 10.9. The summed E-state index contributed by atoms with van der Waals surface area (Å²) in [7, 11) is 0. The summed E-state index contributed by atoms with van der Waals surface area (Å²) in [5.74, 6) is 0.389. The second kappa shape index (κ2) is 7.58. The van der Waals surface area contributed by atoms with E-state index >= 15 is 0 Å². The van der Waals surface area contributed by atoms with Gasteiger partial charge in [-0.05, 0) is 31.0 Å². The minimum Gasteiger partial charge on any atom is -0.303 e. The molecule has 0 radical (unpaired) electrons. The number of thiophene rings is 1. The molecule has 0 saturated carbocycles. The molecule has 0 aliphatic rings. The minimum absolute atomic E-state index is 0.389. The average Bonchev–Trinajstić information content (AvgIpc) is 2.80. The van der Waals surface area contributed by atoms with Gasteiger partial charge in [0.25, 0.3) is 0 Å². The highest BCUT2D eigenvalue weighted by Crippen LogP contribution is 2.11. The van der Waals surface area contributed by atoms with Gasteiger partial charge in [0.1, 0.15) is 5.78 Å². The van der Waals surface area contributed by atoms with Crippen molar-refractivity contribution in [1.82, 2.24) is 4.90 Å². The van der Waals surface area contributed by atoms with Crippen molar-refractivity contribution >= 4 is 17.1 Å². The second-order valence-electron chi connectivity index (χ2n) is 3.89. The Morgan fingerprint density at radius 2 is 2.06 bits per heavy atom. The number of carbonyl (C=O) groups is 1. The molecule has 0 aliphatic heterocycles. The lowest BCUT2D eigenvalue weighted by atomic mass is 10.1. The topological polar surface area (TPSA) is 20.3 Å². The lowest BCUT2D eigenvalue weighted by molar-refractivity contribution is -0.119. The van der Waals surface area contributed by atoms with Crippen molar-refractivity contribution in [1.29, 1.82) is 0 Å². The van der Waals surface area contributed by atoms with Crippen molar-refractivity contribution < 1.29 is 4.79 Å². The first-order valence-corrected chi connectivity index (χ1v) is 6.90. The van der Waals surface area contributed by atoms with E-state index in [1.165, 1.54) is 4.88 Å². The highest BCUT2D eigenvalue weighted by molar-refractivity contribution is 7.09. The number of ketones is 1. The first-order valence-electron chi connectivity index (χ1n) is 6.02. The van der Waals surface area contributed by atoms with Crippen LogP contribution in [0.3, 0.4) is 0 Å².